The first kappa shape index (κ1) is 22.9. The number of pyridine rings is 1. The maximum Gasteiger partial charge on any atom is 0.193 e. The number of hydrogen-bond donors (Lipinski definition) is 1. The van der Waals surface area contributed by atoms with Gasteiger partial charge in [0.1, 0.15) is 18.2 Å². The number of likely N-dealkylation sites (N-methyl/N-ethyl adjacent to an activating group) is 1. The van der Waals surface area contributed by atoms with E-state index >= 15 is 0 Å². The van der Waals surface area contributed by atoms with Gasteiger partial charge in [-0.05, 0) is 49.2 Å². The molecule has 0 aliphatic heterocycles. The summed E-state index contributed by atoms with van der Waals surface area (Å²) in [5.41, 5.74) is 3.28. The number of ether oxygens (including phenoxy) is 1. The zero-order chi connectivity index (χ0) is 19.9. The Kier molecular flexibility index (Phi) is 8.69. The third kappa shape index (κ3) is 6.31. The van der Waals surface area contributed by atoms with E-state index in [-0.39, 0.29) is 24.0 Å². The van der Waals surface area contributed by atoms with Gasteiger partial charge in [-0.1, -0.05) is 12.1 Å². The van der Waals surface area contributed by atoms with Gasteiger partial charge in [-0.25, -0.2) is 0 Å². The Morgan fingerprint density at radius 3 is 2.66 bits per heavy atom. The zero-order valence-electron chi connectivity index (χ0n) is 17.4. The normalized spacial score (nSPS) is 11.2. The monoisotopic (exact) mass is 508 g/mol. The second-order valence-corrected chi connectivity index (χ2v) is 6.86. The predicted molar refractivity (Wildman–Crippen MR) is 128 cm³/mol. The van der Waals surface area contributed by atoms with Gasteiger partial charge in [0.2, 0.25) is 0 Å². The summed E-state index contributed by atoms with van der Waals surface area (Å²) >= 11 is 0. The van der Waals surface area contributed by atoms with Gasteiger partial charge < -0.3 is 15.0 Å². The molecular weight excluding hydrogens is 479 g/mol. The Morgan fingerprint density at radius 1 is 1.17 bits per heavy atom. The molecule has 1 N–H and O–H groups in total. The zero-order valence-corrected chi connectivity index (χ0v) is 19.8. The largest absolute Gasteiger partial charge is 0.492 e. The van der Waals surface area contributed by atoms with E-state index in [0.29, 0.717) is 6.61 Å². The number of fused-ring (bicyclic) bond motifs is 1. The van der Waals surface area contributed by atoms with Crippen molar-refractivity contribution in [1.82, 2.24) is 24.8 Å². The molecule has 0 unspecified atom stereocenters. The van der Waals surface area contributed by atoms with Crippen LogP contribution in [0.5, 0.6) is 5.75 Å². The van der Waals surface area contributed by atoms with Gasteiger partial charge in [0.05, 0.1) is 6.54 Å². The average molecular weight is 508 g/mol. The molecule has 0 amide bonds. The second kappa shape index (κ2) is 11.0. The minimum atomic E-state index is 0. The quantitative estimate of drug-likeness (QED) is 0.302. The number of rotatable bonds is 7. The van der Waals surface area contributed by atoms with E-state index in [1.54, 1.807) is 7.05 Å². The van der Waals surface area contributed by atoms with Crippen molar-refractivity contribution < 1.29 is 4.74 Å². The van der Waals surface area contributed by atoms with E-state index in [1.165, 1.54) is 11.1 Å². The highest BCUT2D eigenvalue weighted by atomic mass is 127. The number of hydrogen-bond acceptors (Lipinski definition) is 4. The van der Waals surface area contributed by atoms with E-state index in [9.17, 15) is 0 Å². The number of aliphatic imine (C=N–C) groups is 1. The minimum Gasteiger partial charge on any atom is -0.492 e. The number of aryl methyl sites for hydroxylation is 2. The van der Waals surface area contributed by atoms with Crippen molar-refractivity contribution in [2.45, 2.75) is 20.3 Å². The van der Waals surface area contributed by atoms with Crippen molar-refractivity contribution in [3.8, 4) is 5.75 Å². The summed E-state index contributed by atoms with van der Waals surface area (Å²) in [4.78, 5) is 6.42. The molecule has 29 heavy (non-hydrogen) atoms. The van der Waals surface area contributed by atoms with Crippen LogP contribution in [0.25, 0.3) is 5.65 Å². The van der Waals surface area contributed by atoms with Crippen LogP contribution in [0.4, 0.5) is 0 Å². The van der Waals surface area contributed by atoms with Crippen LogP contribution in [0.2, 0.25) is 0 Å². The number of nitrogens with zero attached hydrogens (tertiary/aromatic N) is 5. The lowest BCUT2D eigenvalue weighted by Crippen LogP contribution is -2.41. The molecule has 0 radical (unpaired) electrons. The van der Waals surface area contributed by atoms with Crippen LogP contribution in [0, 0.1) is 13.8 Å². The third-order valence-corrected chi connectivity index (χ3v) is 4.48. The predicted octanol–water partition coefficient (Wildman–Crippen LogP) is 3.09. The molecular formula is C21H29IN6O. The Labute approximate surface area is 189 Å². The molecule has 2 heterocycles. The molecule has 2 aromatic heterocycles. The molecule has 0 saturated carbocycles. The smallest absolute Gasteiger partial charge is 0.193 e. The standard InChI is InChI=1S/C21H28N6O.HI/c1-16-13-17(2)15-18(14-16)28-12-11-26(4)21(22-3)23-9-8-20-25-24-19-7-5-6-10-27(19)20;/h5-7,10,13-15H,8-9,11-12H2,1-4H3,(H,22,23);1H. The first-order valence-electron chi connectivity index (χ1n) is 9.48. The molecule has 0 bridgehead atoms. The summed E-state index contributed by atoms with van der Waals surface area (Å²) < 4.78 is 7.90. The molecule has 3 aromatic rings. The van der Waals surface area contributed by atoms with E-state index < -0.39 is 0 Å². The molecule has 8 heteroatoms. The van der Waals surface area contributed by atoms with Crippen LogP contribution in [-0.2, 0) is 6.42 Å². The molecule has 156 valence electrons. The molecule has 3 rings (SSSR count). The molecule has 0 fully saturated rings. The number of halogens is 1. The van der Waals surface area contributed by atoms with Gasteiger partial charge in [0.25, 0.3) is 0 Å². The Hall–Kier alpha value is -2.36. The van der Waals surface area contributed by atoms with Crippen LogP contribution >= 0.6 is 24.0 Å². The molecule has 0 aliphatic rings. The minimum absolute atomic E-state index is 0. The lowest BCUT2D eigenvalue weighted by atomic mass is 10.1. The van der Waals surface area contributed by atoms with E-state index in [2.05, 4.69) is 57.5 Å². The number of nitrogens with one attached hydrogen (secondary N) is 1. The summed E-state index contributed by atoms with van der Waals surface area (Å²) in [5, 5.41) is 11.8. The van der Waals surface area contributed by atoms with Crippen molar-refractivity contribution in [2.24, 2.45) is 4.99 Å². The fourth-order valence-electron chi connectivity index (χ4n) is 3.15. The first-order chi connectivity index (χ1) is 13.6. The van der Waals surface area contributed by atoms with Crippen LogP contribution in [0.3, 0.4) is 0 Å². The first-order valence-corrected chi connectivity index (χ1v) is 9.48. The van der Waals surface area contributed by atoms with Crippen LogP contribution in [0.1, 0.15) is 17.0 Å². The topological polar surface area (TPSA) is 67.0 Å². The van der Waals surface area contributed by atoms with E-state index in [0.717, 1.165) is 42.7 Å². The molecule has 0 spiro atoms. The Bertz CT molecular complexity index is 935. The number of aromatic nitrogens is 3. The molecule has 0 saturated heterocycles. The van der Waals surface area contributed by atoms with Crippen molar-refractivity contribution >= 4 is 35.6 Å². The van der Waals surface area contributed by atoms with Gasteiger partial charge in [-0.2, -0.15) is 0 Å². The van der Waals surface area contributed by atoms with Gasteiger partial charge in [0, 0.05) is 33.3 Å². The molecule has 0 atom stereocenters. The van der Waals surface area contributed by atoms with Crippen LogP contribution in [0.15, 0.2) is 47.6 Å². The van der Waals surface area contributed by atoms with Gasteiger partial charge in [-0.3, -0.25) is 9.39 Å². The second-order valence-electron chi connectivity index (χ2n) is 6.86. The highest BCUT2D eigenvalue weighted by Gasteiger charge is 2.08. The summed E-state index contributed by atoms with van der Waals surface area (Å²) in [5.74, 6) is 2.67. The van der Waals surface area contributed by atoms with Gasteiger partial charge in [-0.15, -0.1) is 34.2 Å². The maximum absolute atomic E-state index is 5.90. The summed E-state index contributed by atoms with van der Waals surface area (Å²) in [7, 11) is 3.79. The van der Waals surface area contributed by atoms with E-state index in [1.807, 2.05) is 35.8 Å². The Morgan fingerprint density at radius 2 is 1.93 bits per heavy atom. The number of benzene rings is 1. The molecule has 1 aromatic carbocycles. The highest BCUT2D eigenvalue weighted by Crippen LogP contribution is 2.16. The summed E-state index contributed by atoms with van der Waals surface area (Å²) in [6.45, 7) is 6.22. The fourth-order valence-corrected chi connectivity index (χ4v) is 3.15. The fraction of sp³-hybridized carbons (Fsp3) is 0.381. The third-order valence-electron chi connectivity index (χ3n) is 4.48. The van der Waals surface area contributed by atoms with Crippen molar-refractivity contribution in [1.29, 1.82) is 0 Å². The van der Waals surface area contributed by atoms with Crippen LogP contribution in [-0.4, -0.2) is 59.2 Å². The van der Waals surface area contributed by atoms with Gasteiger partial charge >= 0.3 is 0 Å². The van der Waals surface area contributed by atoms with Gasteiger partial charge in [0.15, 0.2) is 11.6 Å². The van der Waals surface area contributed by atoms with Crippen molar-refractivity contribution in [2.75, 3.05) is 33.8 Å². The van der Waals surface area contributed by atoms with Crippen LogP contribution < -0.4 is 10.1 Å². The lowest BCUT2D eigenvalue weighted by Gasteiger charge is -2.22. The average Bonchev–Trinajstić information content (AvgIpc) is 3.07. The Balaban J connectivity index is 0.00000300. The van der Waals surface area contributed by atoms with Crippen molar-refractivity contribution in [3.05, 3.63) is 59.5 Å². The molecule has 7 nitrogen and oxygen atoms in total. The number of guanidine groups is 1. The van der Waals surface area contributed by atoms with Crippen molar-refractivity contribution in [3.63, 3.8) is 0 Å². The SMILES string of the molecule is CN=C(NCCc1nnc2ccccn12)N(C)CCOc1cc(C)cc(C)c1.I. The summed E-state index contributed by atoms with van der Waals surface area (Å²) in [6, 6.07) is 12.2. The molecule has 0 aliphatic carbocycles. The van der Waals surface area contributed by atoms with E-state index in [4.69, 9.17) is 4.74 Å². The highest BCUT2D eigenvalue weighted by molar-refractivity contribution is 14.0. The summed E-state index contributed by atoms with van der Waals surface area (Å²) in [6.07, 6.45) is 2.74. The lowest BCUT2D eigenvalue weighted by molar-refractivity contribution is 0.281. The maximum atomic E-state index is 5.90.